The van der Waals surface area contributed by atoms with Gasteiger partial charge in [0.2, 0.25) is 0 Å². The molecule has 0 saturated carbocycles. The fourth-order valence-corrected chi connectivity index (χ4v) is 1.21. The number of hydrogen-bond donors (Lipinski definition) is 0. The lowest BCUT2D eigenvalue weighted by molar-refractivity contribution is 0.112. The van der Waals surface area contributed by atoms with E-state index in [0.29, 0.717) is 17.7 Å². The molecule has 0 aliphatic carbocycles. The van der Waals surface area contributed by atoms with Crippen LogP contribution in [0.15, 0.2) is 36.7 Å². The molecule has 0 atom stereocenters. The highest BCUT2D eigenvalue weighted by Crippen LogP contribution is 2.16. The van der Waals surface area contributed by atoms with Gasteiger partial charge in [-0.1, -0.05) is 6.07 Å². The fourth-order valence-electron chi connectivity index (χ4n) is 1.21. The zero-order valence-electron chi connectivity index (χ0n) is 7.72. The van der Waals surface area contributed by atoms with Gasteiger partial charge in [-0.15, -0.1) is 0 Å². The van der Waals surface area contributed by atoms with Crippen LogP contribution in [-0.2, 0) is 0 Å². The highest BCUT2D eigenvalue weighted by Gasteiger charge is 2.05. The third-order valence-corrected chi connectivity index (χ3v) is 1.95. The topological polar surface area (TPSA) is 42.9 Å². The van der Waals surface area contributed by atoms with E-state index in [1.54, 1.807) is 24.5 Å². The van der Waals surface area contributed by atoms with Crippen molar-refractivity contribution in [2.45, 2.75) is 0 Å². The van der Waals surface area contributed by atoms with Gasteiger partial charge in [-0.05, 0) is 18.2 Å². The van der Waals surface area contributed by atoms with Crippen molar-refractivity contribution in [3.05, 3.63) is 48.0 Å². The van der Waals surface area contributed by atoms with Crippen LogP contribution in [0.3, 0.4) is 0 Å². The molecule has 1 aromatic carbocycles. The summed E-state index contributed by atoms with van der Waals surface area (Å²) in [6.45, 7) is 0. The summed E-state index contributed by atoms with van der Waals surface area (Å²) in [6, 6.07) is 5.95. The van der Waals surface area contributed by atoms with Crippen LogP contribution in [0, 0.1) is 5.82 Å². The summed E-state index contributed by atoms with van der Waals surface area (Å²) in [5.74, 6) is -0.121. The number of halogens is 1. The number of aldehydes is 1. The van der Waals surface area contributed by atoms with Gasteiger partial charge in [0, 0.05) is 18.0 Å². The van der Waals surface area contributed by atoms with E-state index in [1.165, 1.54) is 12.1 Å². The molecule has 0 amide bonds. The predicted molar refractivity (Wildman–Crippen MR) is 52.8 cm³/mol. The van der Waals surface area contributed by atoms with E-state index in [0.717, 1.165) is 0 Å². The van der Waals surface area contributed by atoms with Crippen molar-refractivity contribution in [3.8, 4) is 11.4 Å². The van der Waals surface area contributed by atoms with Crippen LogP contribution in [0.5, 0.6) is 0 Å². The van der Waals surface area contributed by atoms with Gasteiger partial charge in [-0.3, -0.25) is 4.79 Å². The largest absolute Gasteiger partial charge is 0.298 e. The van der Waals surface area contributed by atoms with Crippen LogP contribution in [0.1, 0.15) is 10.4 Å². The summed E-state index contributed by atoms with van der Waals surface area (Å²) in [5, 5.41) is 0. The average molecular weight is 202 g/mol. The highest BCUT2D eigenvalue weighted by atomic mass is 19.1. The van der Waals surface area contributed by atoms with Crippen LogP contribution in [-0.4, -0.2) is 16.3 Å². The number of hydrogen-bond acceptors (Lipinski definition) is 3. The minimum Gasteiger partial charge on any atom is -0.298 e. The SMILES string of the molecule is O=Cc1ccc(-c2ncccn2)cc1F. The molecule has 15 heavy (non-hydrogen) atoms. The van der Waals surface area contributed by atoms with Crippen molar-refractivity contribution in [1.82, 2.24) is 9.97 Å². The van der Waals surface area contributed by atoms with E-state index in [4.69, 9.17) is 0 Å². The first-order valence-corrected chi connectivity index (χ1v) is 4.33. The molecule has 0 saturated heterocycles. The van der Waals surface area contributed by atoms with Crippen molar-refractivity contribution < 1.29 is 9.18 Å². The van der Waals surface area contributed by atoms with E-state index in [9.17, 15) is 9.18 Å². The highest BCUT2D eigenvalue weighted by molar-refractivity contribution is 5.76. The normalized spacial score (nSPS) is 9.93. The maximum Gasteiger partial charge on any atom is 0.159 e. The van der Waals surface area contributed by atoms with Crippen LogP contribution in [0.25, 0.3) is 11.4 Å². The number of benzene rings is 1. The van der Waals surface area contributed by atoms with Crippen molar-refractivity contribution in [2.75, 3.05) is 0 Å². The van der Waals surface area contributed by atoms with Gasteiger partial charge >= 0.3 is 0 Å². The van der Waals surface area contributed by atoms with Gasteiger partial charge in [-0.2, -0.15) is 0 Å². The molecule has 0 unspecified atom stereocenters. The third kappa shape index (κ3) is 1.88. The molecule has 0 fully saturated rings. The second kappa shape index (κ2) is 3.96. The third-order valence-electron chi connectivity index (χ3n) is 1.95. The lowest BCUT2D eigenvalue weighted by Crippen LogP contribution is -1.91. The van der Waals surface area contributed by atoms with E-state index >= 15 is 0 Å². The van der Waals surface area contributed by atoms with Crippen molar-refractivity contribution in [1.29, 1.82) is 0 Å². The molecule has 0 radical (unpaired) electrons. The Labute approximate surface area is 85.6 Å². The van der Waals surface area contributed by atoms with Crippen molar-refractivity contribution >= 4 is 6.29 Å². The molecule has 2 aromatic rings. The standard InChI is InChI=1S/C11H7FN2O/c12-10-6-8(2-3-9(10)7-15)11-13-4-1-5-14-11/h1-7H. The molecule has 0 N–H and O–H groups in total. The number of nitrogens with zero attached hydrogens (tertiary/aromatic N) is 2. The number of rotatable bonds is 2. The first kappa shape index (κ1) is 9.45. The molecule has 4 heteroatoms. The molecule has 2 rings (SSSR count). The van der Waals surface area contributed by atoms with Gasteiger partial charge < -0.3 is 0 Å². The van der Waals surface area contributed by atoms with Crippen LogP contribution < -0.4 is 0 Å². The summed E-state index contributed by atoms with van der Waals surface area (Å²) in [7, 11) is 0. The van der Waals surface area contributed by atoms with Gasteiger partial charge in [0.1, 0.15) is 5.82 Å². The van der Waals surface area contributed by atoms with Crippen molar-refractivity contribution in [2.24, 2.45) is 0 Å². The molecular formula is C11H7FN2O. The quantitative estimate of drug-likeness (QED) is 0.700. The molecule has 1 heterocycles. The van der Waals surface area contributed by atoms with Gasteiger partial charge in [0.05, 0.1) is 5.56 Å². The van der Waals surface area contributed by atoms with Crippen molar-refractivity contribution in [3.63, 3.8) is 0 Å². The Bertz CT molecular complexity index is 485. The first-order valence-electron chi connectivity index (χ1n) is 4.33. The average Bonchev–Trinajstić information content (AvgIpc) is 2.30. The summed E-state index contributed by atoms with van der Waals surface area (Å²) in [4.78, 5) is 18.4. The van der Waals surface area contributed by atoms with Gasteiger partial charge in [0.15, 0.2) is 12.1 Å². The Morgan fingerprint density at radius 2 is 1.93 bits per heavy atom. The second-order valence-electron chi connectivity index (χ2n) is 2.93. The van der Waals surface area contributed by atoms with E-state index in [2.05, 4.69) is 9.97 Å². The Hall–Kier alpha value is -2.10. The van der Waals surface area contributed by atoms with Crippen LogP contribution in [0.2, 0.25) is 0 Å². The number of carbonyl (C=O) groups is 1. The molecule has 0 aliphatic rings. The Balaban J connectivity index is 2.47. The van der Waals surface area contributed by atoms with E-state index in [1.807, 2.05) is 0 Å². The molecule has 0 spiro atoms. The predicted octanol–water partition coefficient (Wildman–Crippen LogP) is 2.10. The Morgan fingerprint density at radius 3 is 2.53 bits per heavy atom. The van der Waals surface area contributed by atoms with Gasteiger partial charge in [-0.25, -0.2) is 14.4 Å². The van der Waals surface area contributed by atoms with Gasteiger partial charge in [0.25, 0.3) is 0 Å². The summed E-state index contributed by atoms with van der Waals surface area (Å²) < 4.78 is 13.2. The summed E-state index contributed by atoms with van der Waals surface area (Å²) in [6.07, 6.45) is 3.63. The van der Waals surface area contributed by atoms with Crippen LogP contribution in [0.4, 0.5) is 4.39 Å². The van der Waals surface area contributed by atoms with Crippen LogP contribution >= 0.6 is 0 Å². The maximum absolute atomic E-state index is 13.2. The van der Waals surface area contributed by atoms with E-state index in [-0.39, 0.29) is 5.56 Å². The zero-order valence-corrected chi connectivity index (χ0v) is 7.72. The molecular weight excluding hydrogens is 195 g/mol. The monoisotopic (exact) mass is 202 g/mol. The fraction of sp³-hybridized carbons (Fsp3) is 0. The number of carbonyl (C=O) groups excluding carboxylic acids is 1. The molecule has 0 bridgehead atoms. The molecule has 3 nitrogen and oxygen atoms in total. The summed E-state index contributed by atoms with van der Waals surface area (Å²) in [5.41, 5.74) is 0.591. The lowest BCUT2D eigenvalue weighted by atomic mass is 10.1. The number of aromatic nitrogens is 2. The smallest absolute Gasteiger partial charge is 0.159 e. The molecule has 74 valence electrons. The maximum atomic E-state index is 13.2. The van der Waals surface area contributed by atoms with E-state index < -0.39 is 5.82 Å². The second-order valence-corrected chi connectivity index (χ2v) is 2.93. The summed E-state index contributed by atoms with van der Waals surface area (Å²) >= 11 is 0. The first-order chi connectivity index (χ1) is 7.31. The molecule has 0 aliphatic heterocycles. The Morgan fingerprint density at radius 1 is 1.20 bits per heavy atom. The minimum atomic E-state index is -0.560. The minimum absolute atomic E-state index is 0.0367. The lowest BCUT2D eigenvalue weighted by Gasteiger charge is -2.00. The molecule has 1 aromatic heterocycles. The Kier molecular flexibility index (Phi) is 2.49. The zero-order chi connectivity index (χ0) is 10.7.